The zero-order valence-corrected chi connectivity index (χ0v) is 13.1. The molecule has 1 unspecified atom stereocenters. The molecule has 1 N–H and O–H groups in total. The SMILES string of the molecule is CCNCc1ccc(N(C)C(C)C2CC2)c(Br)c1. The van der Waals surface area contributed by atoms with Gasteiger partial charge < -0.3 is 10.2 Å². The van der Waals surface area contributed by atoms with Crippen molar-refractivity contribution < 1.29 is 0 Å². The summed E-state index contributed by atoms with van der Waals surface area (Å²) in [6.07, 6.45) is 2.78. The second-order valence-electron chi connectivity index (χ2n) is 5.26. The minimum absolute atomic E-state index is 0.640. The number of hydrogen-bond donors (Lipinski definition) is 1. The predicted molar refractivity (Wildman–Crippen MR) is 82.1 cm³/mol. The molecule has 0 aromatic heterocycles. The van der Waals surface area contributed by atoms with Crippen LogP contribution in [0.25, 0.3) is 0 Å². The van der Waals surface area contributed by atoms with Gasteiger partial charge in [-0.3, -0.25) is 0 Å². The summed E-state index contributed by atoms with van der Waals surface area (Å²) in [5.41, 5.74) is 2.63. The highest BCUT2D eigenvalue weighted by atomic mass is 79.9. The summed E-state index contributed by atoms with van der Waals surface area (Å²) in [6.45, 7) is 6.42. The van der Waals surface area contributed by atoms with Gasteiger partial charge in [-0.05, 0) is 65.9 Å². The molecule has 0 saturated heterocycles. The van der Waals surface area contributed by atoms with Crippen molar-refractivity contribution >= 4 is 21.6 Å². The molecular weight excluding hydrogens is 288 g/mol. The fourth-order valence-corrected chi connectivity index (χ4v) is 3.04. The first-order valence-corrected chi connectivity index (χ1v) is 7.64. The van der Waals surface area contributed by atoms with Gasteiger partial charge in [0.2, 0.25) is 0 Å². The standard InChI is InChI=1S/C15H23BrN2/c1-4-17-10-12-5-8-15(14(16)9-12)18(3)11(2)13-6-7-13/h5,8-9,11,13,17H,4,6-7,10H2,1-3H3. The van der Waals surface area contributed by atoms with Crippen LogP contribution in [0.1, 0.15) is 32.3 Å². The molecule has 3 heteroatoms. The Hall–Kier alpha value is -0.540. The van der Waals surface area contributed by atoms with Crippen LogP contribution in [0.5, 0.6) is 0 Å². The number of halogens is 1. The highest BCUT2D eigenvalue weighted by molar-refractivity contribution is 9.10. The van der Waals surface area contributed by atoms with Crippen molar-refractivity contribution in [3.8, 4) is 0 Å². The molecular formula is C15H23BrN2. The van der Waals surface area contributed by atoms with Gasteiger partial charge in [0.1, 0.15) is 0 Å². The lowest BCUT2D eigenvalue weighted by atomic mass is 10.1. The molecule has 1 atom stereocenters. The van der Waals surface area contributed by atoms with Gasteiger partial charge in [0.15, 0.2) is 0 Å². The lowest BCUT2D eigenvalue weighted by Gasteiger charge is -2.28. The topological polar surface area (TPSA) is 15.3 Å². The largest absolute Gasteiger partial charge is 0.371 e. The van der Waals surface area contributed by atoms with Crippen LogP contribution in [0.3, 0.4) is 0 Å². The number of benzene rings is 1. The maximum Gasteiger partial charge on any atom is 0.0510 e. The van der Waals surface area contributed by atoms with E-state index in [9.17, 15) is 0 Å². The van der Waals surface area contributed by atoms with Gasteiger partial charge >= 0.3 is 0 Å². The summed E-state index contributed by atoms with van der Waals surface area (Å²) < 4.78 is 1.20. The highest BCUT2D eigenvalue weighted by Gasteiger charge is 2.31. The Labute approximate surface area is 119 Å². The Bertz CT molecular complexity index is 401. The van der Waals surface area contributed by atoms with Gasteiger partial charge in [-0.15, -0.1) is 0 Å². The van der Waals surface area contributed by atoms with Crippen LogP contribution in [-0.2, 0) is 6.54 Å². The lowest BCUT2D eigenvalue weighted by Crippen LogP contribution is -2.30. The van der Waals surface area contributed by atoms with E-state index in [0.29, 0.717) is 6.04 Å². The van der Waals surface area contributed by atoms with E-state index in [0.717, 1.165) is 19.0 Å². The van der Waals surface area contributed by atoms with E-state index in [1.807, 2.05) is 0 Å². The first-order chi connectivity index (χ1) is 8.63. The van der Waals surface area contributed by atoms with Gasteiger partial charge in [-0.2, -0.15) is 0 Å². The minimum atomic E-state index is 0.640. The molecule has 100 valence electrons. The van der Waals surface area contributed by atoms with Crippen molar-refractivity contribution in [3.05, 3.63) is 28.2 Å². The Kier molecular flexibility index (Phi) is 4.68. The Balaban J connectivity index is 2.08. The molecule has 1 saturated carbocycles. The van der Waals surface area contributed by atoms with Crippen molar-refractivity contribution in [2.75, 3.05) is 18.5 Å². The van der Waals surface area contributed by atoms with Gasteiger partial charge in [0.25, 0.3) is 0 Å². The summed E-state index contributed by atoms with van der Waals surface area (Å²) >= 11 is 3.71. The first-order valence-electron chi connectivity index (χ1n) is 6.85. The fraction of sp³-hybridized carbons (Fsp3) is 0.600. The number of anilines is 1. The van der Waals surface area contributed by atoms with Gasteiger partial charge in [0, 0.05) is 24.1 Å². The van der Waals surface area contributed by atoms with E-state index in [1.54, 1.807) is 0 Å². The molecule has 1 aliphatic carbocycles. The molecule has 18 heavy (non-hydrogen) atoms. The van der Waals surface area contributed by atoms with Crippen LogP contribution in [0.15, 0.2) is 22.7 Å². The molecule has 0 radical (unpaired) electrons. The number of rotatable bonds is 6. The third-order valence-electron chi connectivity index (χ3n) is 3.89. The molecule has 2 nitrogen and oxygen atoms in total. The smallest absolute Gasteiger partial charge is 0.0510 e. The van der Waals surface area contributed by atoms with Gasteiger partial charge in [-0.1, -0.05) is 13.0 Å². The molecule has 0 heterocycles. The monoisotopic (exact) mass is 310 g/mol. The summed E-state index contributed by atoms with van der Waals surface area (Å²) in [5, 5.41) is 3.36. The molecule has 0 aliphatic heterocycles. The Morgan fingerprint density at radius 1 is 1.44 bits per heavy atom. The third-order valence-corrected chi connectivity index (χ3v) is 4.52. The molecule has 1 aromatic carbocycles. The fourth-order valence-electron chi connectivity index (χ4n) is 2.33. The summed E-state index contributed by atoms with van der Waals surface area (Å²) in [5.74, 6) is 0.892. The van der Waals surface area contributed by atoms with E-state index < -0.39 is 0 Å². The molecule has 0 spiro atoms. The second kappa shape index (κ2) is 6.07. The molecule has 1 aromatic rings. The highest BCUT2D eigenvalue weighted by Crippen LogP contribution is 2.38. The molecule has 0 bridgehead atoms. The molecule has 1 aliphatic rings. The van der Waals surface area contributed by atoms with Crippen molar-refractivity contribution in [1.29, 1.82) is 0 Å². The lowest BCUT2D eigenvalue weighted by molar-refractivity contribution is 0.608. The zero-order valence-electron chi connectivity index (χ0n) is 11.5. The summed E-state index contributed by atoms with van der Waals surface area (Å²) in [7, 11) is 2.20. The summed E-state index contributed by atoms with van der Waals surface area (Å²) in [6, 6.07) is 7.32. The van der Waals surface area contributed by atoms with Crippen molar-refractivity contribution in [2.24, 2.45) is 5.92 Å². The third kappa shape index (κ3) is 3.27. The first kappa shape index (κ1) is 13.9. The van der Waals surface area contributed by atoms with Crippen LogP contribution in [-0.4, -0.2) is 19.6 Å². The second-order valence-corrected chi connectivity index (χ2v) is 6.11. The molecule has 1 fully saturated rings. The zero-order chi connectivity index (χ0) is 13.1. The number of nitrogens with zero attached hydrogens (tertiary/aromatic N) is 1. The van der Waals surface area contributed by atoms with Crippen molar-refractivity contribution in [3.63, 3.8) is 0 Å². The van der Waals surface area contributed by atoms with Crippen LogP contribution in [0.2, 0.25) is 0 Å². The van der Waals surface area contributed by atoms with Gasteiger partial charge in [0.05, 0.1) is 5.69 Å². The number of nitrogens with one attached hydrogen (secondary N) is 1. The van der Waals surface area contributed by atoms with Crippen LogP contribution < -0.4 is 10.2 Å². The van der Waals surface area contributed by atoms with Gasteiger partial charge in [-0.25, -0.2) is 0 Å². The van der Waals surface area contributed by atoms with E-state index in [2.05, 4.69) is 65.2 Å². The average molecular weight is 311 g/mol. The normalized spacial score (nSPS) is 16.7. The predicted octanol–water partition coefficient (Wildman–Crippen LogP) is 3.79. The van der Waals surface area contributed by atoms with Crippen LogP contribution in [0, 0.1) is 5.92 Å². The Morgan fingerprint density at radius 2 is 2.17 bits per heavy atom. The Morgan fingerprint density at radius 3 is 2.72 bits per heavy atom. The van der Waals surface area contributed by atoms with Crippen molar-refractivity contribution in [1.82, 2.24) is 5.32 Å². The molecule has 0 amide bonds. The van der Waals surface area contributed by atoms with E-state index in [1.165, 1.54) is 28.6 Å². The average Bonchev–Trinajstić information content (AvgIpc) is 3.19. The maximum absolute atomic E-state index is 3.71. The van der Waals surface area contributed by atoms with Crippen LogP contribution in [0.4, 0.5) is 5.69 Å². The van der Waals surface area contributed by atoms with Crippen LogP contribution >= 0.6 is 15.9 Å². The van der Waals surface area contributed by atoms with E-state index in [-0.39, 0.29) is 0 Å². The molecule has 2 rings (SSSR count). The maximum atomic E-state index is 3.71. The number of hydrogen-bond acceptors (Lipinski definition) is 2. The quantitative estimate of drug-likeness (QED) is 0.860. The summed E-state index contributed by atoms with van der Waals surface area (Å²) in [4.78, 5) is 2.40. The van der Waals surface area contributed by atoms with E-state index in [4.69, 9.17) is 0 Å². The van der Waals surface area contributed by atoms with E-state index >= 15 is 0 Å². The van der Waals surface area contributed by atoms with Crippen molar-refractivity contribution in [2.45, 2.75) is 39.3 Å². The minimum Gasteiger partial charge on any atom is -0.371 e.